The number of aromatic amines is 1. The molecule has 1 aromatic heterocycles. The zero-order chi connectivity index (χ0) is 7.68. The van der Waals surface area contributed by atoms with Gasteiger partial charge in [0.2, 0.25) is 0 Å². The number of fused-ring (bicyclic) bond motifs is 1. The van der Waals surface area contributed by atoms with Gasteiger partial charge in [-0.1, -0.05) is 6.07 Å². The van der Waals surface area contributed by atoms with Crippen molar-refractivity contribution < 1.29 is 4.79 Å². The maximum atomic E-state index is 10.3. The second-order valence-corrected chi connectivity index (χ2v) is 2.36. The predicted octanol–water partition coefficient (Wildman–Crippen LogP) is 1.78. The van der Waals surface area contributed by atoms with Gasteiger partial charge in [-0.25, -0.2) is 0 Å². The van der Waals surface area contributed by atoms with Gasteiger partial charge >= 0.3 is 0 Å². The number of carbonyl (C=O) groups excluding carboxylic acids is 1. The molecule has 1 aromatic carbocycles. The number of H-pyrrole nitrogens is 1. The van der Waals surface area contributed by atoms with Gasteiger partial charge in [-0.15, -0.1) is 0 Å². The number of carbonyl (C=O) groups is 1. The first-order valence-corrected chi connectivity index (χ1v) is 3.34. The Hall–Kier alpha value is -1.57. The zero-order valence-electron chi connectivity index (χ0n) is 5.79. The van der Waals surface area contributed by atoms with E-state index in [0.29, 0.717) is 5.69 Å². The Kier molecular flexibility index (Phi) is 1.25. The van der Waals surface area contributed by atoms with Crippen molar-refractivity contribution in [3.63, 3.8) is 0 Å². The third-order valence-corrected chi connectivity index (χ3v) is 1.61. The Morgan fingerprint density at radius 1 is 1.55 bits per heavy atom. The average Bonchev–Trinajstić information content (AvgIpc) is 2.46. The molecular weight excluding hydrogens is 138 g/mol. The molecule has 0 saturated heterocycles. The molecular formula is C9H6NO. The zero-order valence-corrected chi connectivity index (χ0v) is 5.79. The predicted molar refractivity (Wildman–Crippen MR) is 42.5 cm³/mol. The van der Waals surface area contributed by atoms with Gasteiger partial charge in [-0.05, 0) is 24.3 Å². The summed E-state index contributed by atoms with van der Waals surface area (Å²) in [5.74, 6) is 0. The summed E-state index contributed by atoms with van der Waals surface area (Å²) in [5, 5.41) is 1.02. The van der Waals surface area contributed by atoms with Crippen LogP contribution in [0.1, 0.15) is 10.5 Å². The number of aldehydes is 1. The largest absolute Gasteiger partial charge is 0.352 e. The summed E-state index contributed by atoms with van der Waals surface area (Å²) in [6.45, 7) is 0. The van der Waals surface area contributed by atoms with Crippen LogP contribution in [0.4, 0.5) is 0 Å². The molecule has 1 radical (unpaired) electrons. The molecule has 0 aliphatic rings. The molecule has 2 nitrogen and oxygen atoms in total. The molecule has 11 heavy (non-hydrogen) atoms. The van der Waals surface area contributed by atoms with E-state index in [0.717, 1.165) is 17.2 Å². The fourth-order valence-electron chi connectivity index (χ4n) is 1.10. The maximum absolute atomic E-state index is 10.3. The van der Waals surface area contributed by atoms with Crippen LogP contribution in [0.15, 0.2) is 24.3 Å². The van der Waals surface area contributed by atoms with Crippen LogP contribution in [0, 0.1) is 6.07 Å². The minimum absolute atomic E-state index is 0.611. The third kappa shape index (κ3) is 0.923. The Morgan fingerprint density at radius 3 is 3.18 bits per heavy atom. The molecule has 1 N–H and O–H groups in total. The first-order chi connectivity index (χ1) is 5.40. The lowest BCUT2D eigenvalue weighted by atomic mass is 10.2. The molecule has 1 heterocycles. The second-order valence-electron chi connectivity index (χ2n) is 2.36. The molecule has 2 aromatic rings. The second kappa shape index (κ2) is 2.23. The van der Waals surface area contributed by atoms with Crippen molar-refractivity contribution >= 4 is 17.2 Å². The molecule has 0 fully saturated rings. The Balaban J connectivity index is 2.78. The van der Waals surface area contributed by atoms with E-state index in [1.165, 1.54) is 0 Å². The first kappa shape index (κ1) is 6.16. The summed E-state index contributed by atoms with van der Waals surface area (Å²) < 4.78 is 0. The van der Waals surface area contributed by atoms with E-state index in [1.807, 2.05) is 18.2 Å². The Bertz CT molecular complexity index is 356. The highest BCUT2D eigenvalue weighted by Gasteiger charge is 1.96. The normalized spacial score (nSPS) is 10.2. The topological polar surface area (TPSA) is 32.9 Å². The third-order valence-electron chi connectivity index (χ3n) is 1.61. The van der Waals surface area contributed by atoms with Gasteiger partial charge in [0.05, 0.1) is 5.69 Å². The number of hydrogen-bond acceptors (Lipinski definition) is 1. The molecule has 2 heteroatoms. The van der Waals surface area contributed by atoms with Crippen molar-refractivity contribution in [2.24, 2.45) is 0 Å². The lowest BCUT2D eigenvalue weighted by Gasteiger charge is -1.82. The number of benzene rings is 1. The van der Waals surface area contributed by atoms with Gasteiger partial charge in [0.1, 0.15) is 0 Å². The van der Waals surface area contributed by atoms with Crippen LogP contribution in [0.25, 0.3) is 10.9 Å². The summed E-state index contributed by atoms with van der Waals surface area (Å²) >= 11 is 0. The minimum atomic E-state index is 0.611. The van der Waals surface area contributed by atoms with Crippen molar-refractivity contribution in [2.45, 2.75) is 0 Å². The minimum Gasteiger partial charge on any atom is -0.352 e. The standard InChI is InChI=1S/C9H6NO/c11-6-8-5-7-3-1-2-4-9(7)10-8/h2-6,10H. The molecule has 0 spiro atoms. The van der Waals surface area contributed by atoms with Crippen LogP contribution < -0.4 is 0 Å². The molecule has 0 bridgehead atoms. The smallest absolute Gasteiger partial charge is 0.166 e. The molecule has 2 rings (SSSR count). The molecule has 0 atom stereocenters. The summed E-state index contributed by atoms with van der Waals surface area (Å²) in [6.07, 6.45) is 0.806. The van der Waals surface area contributed by atoms with E-state index in [4.69, 9.17) is 0 Å². The number of hydrogen-bond donors (Lipinski definition) is 1. The van der Waals surface area contributed by atoms with E-state index in [9.17, 15) is 4.79 Å². The maximum Gasteiger partial charge on any atom is 0.166 e. The van der Waals surface area contributed by atoms with E-state index >= 15 is 0 Å². The van der Waals surface area contributed by atoms with Gasteiger partial charge < -0.3 is 4.98 Å². The monoisotopic (exact) mass is 144 g/mol. The highest BCUT2D eigenvalue weighted by molar-refractivity contribution is 5.87. The lowest BCUT2D eigenvalue weighted by molar-refractivity contribution is 0.112. The molecule has 0 unspecified atom stereocenters. The van der Waals surface area contributed by atoms with Crippen LogP contribution >= 0.6 is 0 Å². The van der Waals surface area contributed by atoms with E-state index in [2.05, 4.69) is 11.1 Å². The first-order valence-electron chi connectivity index (χ1n) is 3.34. The van der Waals surface area contributed by atoms with E-state index in [1.54, 1.807) is 6.07 Å². The van der Waals surface area contributed by atoms with Gasteiger partial charge in [0, 0.05) is 10.9 Å². The number of rotatable bonds is 1. The van der Waals surface area contributed by atoms with Crippen LogP contribution in [0.3, 0.4) is 0 Å². The molecule has 0 saturated carbocycles. The van der Waals surface area contributed by atoms with Gasteiger partial charge in [0.25, 0.3) is 0 Å². The summed E-state index contributed by atoms with van der Waals surface area (Å²) in [5.41, 5.74) is 1.59. The van der Waals surface area contributed by atoms with Crippen molar-refractivity contribution in [2.75, 3.05) is 0 Å². The van der Waals surface area contributed by atoms with Gasteiger partial charge in [-0.3, -0.25) is 4.79 Å². The summed E-state index contributed by atoms with van der Waals surface area (Å²) in [7, 11) is 0. The van der Waals surface area contributed by atoms with Crippen LogP contribution in [0.5, 0.6) is 0 Å². The number of nitrogens with one attached hydrogen (secondary N) is 1. The Morgan fingerprint density at radius 2 is 2.45 bits per heavy atom. The van der Waals surface area contributed by atoms with Crippen molar-refractivity contribution in [1.82, 2.24) is 4.98 Å². The number of aromatic nitrogens is 1. The quantitative estimate of drug-likeness (QED) is 0.608. The SMILES string of the molecule is O=Cc1cc2c[c]ccc2[nH]1. The lowest BCUT2D eigenvalue weighted by Crippen LogP contribution is -1.73. The van der Waals surface area contributed by atoms with Crippen molar-refractivity contribution in [3.8, 4) is 0 Å². The fraction of sp³-hybridized carbons (Fsp3) is 0. The van der Waals surface area contributed by atoms with Crippen LogP contribution in [-0.2, 0) is 0 Å². The van der Waals surface area contributed by atoms with Crippen molar-refractivity contribution in [1.29, 1.82) is 0 Å². The highest BCUT2D eigenvalue weighted by Crippen LogP contribution is 2.12. The highest BCUT2D eigenvalue weighted by atomic mass is 16.1. The van der Waals surface area contributed by atoms with Gasteiger partial charge in [0.15, 0.2) is 6.29 Å². The molecule has 53 valence electrons. The fourth-order valence-corrected chi connectivity index (χ4v) is 1.10. The summed E-state index contributed by atoms with van der Waals surface area (Å²) in [4.78, 5) is 13.3. The Labute approximate surface area is 63.8 Å². The van der Waals surface area contributed by atoms with Crippen LogP contribution in [-0.4, -0.2) is 11.3 Å². The van der Waals surface area contributed by atoms with E-state index < -0.39 is 0 Å². The van der Waals surface area contributed by atoms with Crippen molar-refractivity contribution in [3.05, 3.63) is 36.0 Å². The molecule has 0 aliphatic carbocycles. The molecule has 0 amide bonds. The molecule has 0 aliphatic heterocycles. The average molecular weight is 144 g/mol. The van der Waals surface area contributed by atoms with Crippen LogP contribution in [0.2, 0.25) is 0 Å². The summed E-state index contributed by atoms with van der Waals surface area (Å²) in [6, 6.07) is 10.3. The van der Waals surface area contributed by atoms with E-state index in [-0.39, 0.29) is 0 Å². The van der Waals surface area contributed by atoms with Gasteiger partial charge in [-0.2, -0.15) is 0 Å².